The number of nitriles is 1. The standard InChI is InChI=1S/C18H18N4O3S/c1-2-25-17(23)15-11-26-16(21-15)10-22(14-7-8-14)18(24)20-13-5-3-12(9-19)4-6-13/h3-6,11,14H,2,7-8,10H2,1H3,(H,20,24). The van der Waals surface area contributed by atoms with Crippen LogP contribution in [0.4, 0.5) is 10.5 Å². The summed E-state index contributed by atoms with van der Waals surface area (Å²) in [6, 6.07) is 8.72. The third-order valence-electron chi connectivity index (χ3n) is 3.86. The van der Waals surface area contributed by atoms with Crippen molar-refractivity contribution in [3.05, 3.63) is 45.9 Å². The van der Waals surface area contributed by atoms with Gasteiger partial charge in [0.15, 0.2) is 5.69 Å². The van der Waals surface area contributed by atoms with Crippen molar-refractivity contribution < 1.29 is 14.3 Å². The van der Waals surface area contributed by atoms with Crippen LogP contribution in [-0.2, 0) is 11.3 Å². The number of nitrogens with zero attached hydrogens (tertiary/aromatic N) is 3. The molecule has 7 nitrogen and oxygen atoms in total. The lowest BCUT2D eigenvalue weighted by Gasteiger charge is -2.21. The molecule has 8 heteroatoms. The maximum Gasteiger partial charge on any atom is 0.357 e. The summed E-state index contributed by atoms with van der Waals surface area (Å²) in [6.45, 7) is 2.39. The highest BCUT2D eigenvalue weighted by molar-refractivity contribution is 7.09. The number of carbonyl (C=O) groups excluding carboxylic acids is 2. The highest BCUT2D eigenvalue weighted by Crippen LogP contribution is 2.29. The van der Waals surface area contributed by atoms with Crippen LogP contribution in [0, 0.1) is 11.3 Å². The van der Waals surface area contributed by atoms with Gasteiger partial charge in [-0.05, 0) is 44.0 Å². The molecule has 0 bridgehead atoms. The zero-order valence-corrected chi connectivity index (χ0v) is 15.1. The van der Waals surface area contributed by atoms with Gasteiger partial charge in [-0.3, -0.25) is 0 Å². The molecule has 0 unspecified atom stereocenters. The number of nitrogens with one attached hydrogen (secondary N) is 1. The number of carbonyl (C=O) groups is 2. The topological polar surface area (TPSA) is 95.3 Å². The first-order chi connectivity index (χ1) is 12.6. The first-order valence-electron chi connectivity index (χ1n) is 8.30. The Morgan fingerprint density at radius 3 is 2.73 bits per heavy atom. The number of aromatic nitrogens is 1. The van der Waals surface area contributed by atoms with E-state index in [2.05, 4.69) is 10.3 Å². The molecule has 1 aromatic carbocycles. The van der Waals surface area contributed by atoms with Crippen molar-refractivity contribution in [2.75, 3.05) is 11.9 Å². The van der Waals surface area contributed by atoms with Crippen LogP contribution in [0.3, 0.4) is 0 Å². The number of amides is 2. The van der Waals surface area contributed by atoms with Gasteiger partial charge in [0.05, 0.1) is 24.8 Å². The third kappa shape index (κ3) is 4.37. The number of rotatable bonds is 6. The SMILES string of the molecule is CCOC(=O)c1csc(CN(C(=O)Nc2ccc(C#N)cc2)C2CC2)n1. The van der Waals surface area contributed by atoms with Crippen molar-refractivity contribution in [1.82, 2.24) is 9.88 Å². The van der Waals surface area contributed by atoms with E-state index < -0.39 is 5.97 Å². The Bertz CT molecular complexity index is 837. The maximum absolute atomic E-state index is 12.6. The summed E-state index contributed by atoms with van der Waals surface area (Å²) in [4.78, 5) is 30.4. The van der Waals surface area contributed by atoms with Gasteiger partial charge in [0.25, 0.3) is 0 Å². The van der Waals surface area contributed by atoms with Gasteiger partial charge in [0.1, 0.15) is 5.01 Å². The fraction of sp³-hybridized carbons (Fsp3) is 0.333. The van der Waals surface area contributed by atoms with Crippen LogP contribution >= 0.6 is 11.3 Å². The zero-order valence-electron chi connectivity index (χ0n) is 14.3. The van der Waals surface area contributed by atoms with Gasteiger partial charge >= 0.3 is 12.0 Å². The second kappa shape index (κ2) is 7.97. The second-order valence-corrected chi connectivity index (χ2v) is 6.77. The molecule has 134 valence electrons. The number of thiazole rings is 1. The number of anilines is 1. The largest absolute Gasteiger partial charge is 0.461 e. The van der Waals surface area contributed by atoms with Crippen LogP contribution in [0.15, 0.2) is 29.6 Å². The van der Waals surface area contributed by atoms with Gasteiger partial charge < -0.3 is 15.0 Å². The Hall–Kier alpha value is -2.92. The predicted octanol–water partition coefficient (Wildman–Crippen LogP) is 3.39. The Morgan fingerprint density at radius 2 is 2.12 bits per heavy atom. The third-order valence-corrected chi connectivity index (χ3v) is 4.69. The molecule has 0 aliphatic heterocycles. The van der Waals surface area contributed by atoms with Crippen molar-refractivity contribution in [2.24, 2.45) is 0 Å². The quantitative estimate of drug-likeness (QED) is 0.787. The molecular formula is C18H18N4O3S. The molecule has 2 amide bonds. The Morgan fingerprint density at radius 1 is 1.38 bits per heavy atom. The minimum absolute atomic E-state index is 0.184. The monoisotopic (exact) mass is 370 g/mol. The molecule has 0 radical (unpaired) electrons. The molecule has 1 N–H and O–H groups in total. The van der Waals surface area contributed by atoms with Gasteiger partial charge in [0, 0.05) is 17.1 Å². The summed E-state index contributed by atoms with van der Waals surface area (Å²) in [5.41, 5.74) is 1.44. The summed E-state index contributed by atoms with van der Waals surface area (Å²) >= 11 is 1.34. The Labute approximate surface area is 155 Å². The normalized spacial score (nSPS) is 12.9. The zero-order chi connectivity index (χ0) is 18.5. The van der Waals surface area contributed by atoms with E-state index in [0.29, 0.717) is 29.4 Å². The van der Waals surface area contributed by atoms with Gasteiger partial charge in [0.2, 0.25) is 0 Å². The average Bonchev–Trinajstić information content (AvgIpc) is 3.38. The number of hydrogen-bond donors (Lipinski definition) is 1. The molecule has 0 atom stereocenters. The number of hydrogen-bond acceptors (Lipinski definition) is 6. The van der Waals surface area contributed by atoms with Crippen molar-refractivity contribution in [2.45, 2.75) is 32.4 Å². The Kier molecular flexibility index (Phi) is 5.49. The van der Waals surface area contributed by atoms with E-state index in [1.807, 2.05) is 6.07 Å². The Balaban J connectivity index is 1.66. The highest BCUT2D eigenvalue weighted by Gasteiger charge is 2.33. The first kappa shape index (κ1) is 17.9. The molecule has 1 aliphatic rings. The van der Waals surface area contributed by atoms with Crippen molar-refractivity contribution >= 4 is 29.0 Å². The lowest BCUT2D eigenvalue weighted by molar-refractivity contribution is 0.0520. The number of ether oxygens (including phenoxy) is 1. The lowest BCUT2D eigenvalue weighted by Crippen LogP contribution is -2.36. The number of esters is 1. The van der Waals surface area contributed by atoms with Crippen molar-refractivity contribution in [1.29, 1.82) is 5.26 Å². The summed E-state index contributed by atoms with van der Waals surface area (Å²) in [7, 11) is 0. The van der Waals surface area contributed by atoms with Gasteiger partial charge in [-0.1, -0.05) is 0 Å². The van der Waals surface area contributed by atoms with Crippen molar-refractivity contribution in [3.8, 4) is 6.07 Å². The van der Waals surface area contributed by atoms with Crippen LogP contribution in [0.1, 0.15) is 40.8 Å². The van der Waals surface area contributed by atoms with Crippen molar-refractivity contribution in [3.63, 3.8) is 0 Å². The van der Waals surface area contributed by atoms with E-state index in [1.165, 1.54) is 11.3 Å². The summed E-state index contributed by atoms with van der Waals surface area (Å²) in [5, 5.41) is 14.0. The van der Waals surface area contributed by atoms with Gasteiger partial charge in [-0.25, -0.2) is 14.6 Å². The molecule has 3 rings (SSSR count). The highest BCUT2D eigenvalue weighted by atomic mass is 32.1. The molecule has 2 aromatic rings. The summed E-state index contributed by atoms with van der Waals surface area (Å²) < 4.78 is 4.94. The molecule has 1 aromatic heterocycles. The van der Waals surface area contributed by atoms with E-state index in [9.17, 15) is 9.59 Å². The fourth-order valence-electron chi connectivity index (χ4n) is 2.40. The molecule has 1 fully saturated rings. The smallest absolute Gasteiger partial charge is 0.357 e. The lowest BCUT2D eigenvalue weighted by atomic mass is 10.2. The van der Waals surface area contributed by atoms with Crippen LogP contribution in [0.2, 0.25) is 0 Å². The summed E-state index contributed by atoms with van der Waals surface area (Å²) in [5.74, 6) is -0.449. The molecular weight excluding hydrogens is 352 g/mol. The molecule has 1 aliphatic carbocycles. The molecule has 26 heavy (non-hydrogen) atoms. The number of benzene rings is 1. The van der Waals surface area contributed by atoms with E-state index in [0.717, 1.165) is 12.8 Å². The van der Waals surface area contributed by atoms with E-state index in [1.54, 1.807) is 41.5 Å². The second-order valence-electron chi connectivity index (χ2n) is 5.83. The summed E-state index contributed by atoms with van der Waals surface area (Å²) in [6.07, 6.45) is 1.91. The van der Waals surface area contributed by atoms with E-state index in [4.69, 9.17) is 10.00 Å². The molecule has 0 saturated heterocycles. The fourth-order valence-corrected chi connectivity index (χ4v) is 3.17. The predicted molar refractivity (Wildman–Crippen MR) is 96.8 cm³/mol. The van der Waals surface area contributed by atoms with Gasteiger partial charge in [-0.2, -0.15) is 5.26 Å². The molecule has 0 spiro atoms. The van der Waals surface area contributed by atoms with Crippen LogP contribution in [0.25, 0.3) is 0 Å². The van der Waals surface area contributed by atoms with Crippen LogP contribution < -0.4 is 5.32 Å². The maximum atomic E-state index is 12.6. The number of urea groups is 1. The van der Waals surface area contributed by atoms with Gasteiger partial charge in [-0.15, -0.1) is 11.3 Å². The van der Waals surface area contributed by atoms with E-state index >= 15 is 0 Å². The van der Waals surface area contributed by atoms with E-state index in [-0.39, 0.29) is 17.8 Å². The molecule has 1 saturated carbocycles. The van der Waals surface area contributed by atoms with Crippen LogP contribution in [-0.4, -0.2) is 34.5 Å². The van der Waals surface area contributed by atoms with Crippen LogP contribution in [0.5, 0.6) is 0 Å². The first-order valence-corrected chi connectivity index (χ1v) is 9.18. The minimum Gasteiger partial charge on any atom is -0.461 e. The minimum atomic E-state index is -0.449. The molecule has 1 heterocycles. The average molecular weight is 370 g/mol.